The maximum absolute atomic E-state index is 13.2. The average Bonchev–Trinajstić information content (AvgIpc) is 3.29. The maximum atomic E-state index is 13.2. The minimum Gasteiger partial charge on any atom is -0.441 e. The lowest BCUT2D eigenvalue weighted by Crippen LogP contribution is -2.38. The van der Waals surface area contributed by atoms with Crippen molar-refractivity contribution in [3.05, 3.63) is 59.7 Å². The van der Waals surface area contributed by atoms with Crippen molar-refractivity contribution in [2.24, 2.45) is 0 Å². The van der Waals surface area contributed by atoms with Crippen molar-refractivity contribution in [2.75, 3.05) is 11.4 Å². The van der Waals surface area contributed by atoms with Gasteiger partial charge in [0.25, 0.3) is 0 Å². The molecule has 0 bridgehead atoms. The van der Waals surface area contributed by atoms with Gasteiger partial charge in [-0.05, 0) is 68.1 Å². The van der Waals surface area contributed by atoms with E-state index >= 15 is 0 Å². The number of H-pyrrole nitrogens is 1. The molecular formula is C22H20ClFN4O2. The molecule has 8 heteroatoms. The molecule has 1 saturated carbocycles. The van der Waals surface area contributed by atoms with E-state index in [2.05, 4.69) is 11.1 Å². The van der Waals surface area contributed by atoms with Crippen LogP contribution in [0.1, 0.15) is 43.0 Å². The highest BCUT2D eigenvalue weighted by Crippen LogP contribution is 2.43. The van der Waals surface area contributed by atoms with Crippen molar-refractivity contribution in [3.63, 3.8) is 0 Å². The summed E-state index contributed by atoms with van der Waals surface area (Å²) in [7, 11) is 0. The van der Waals surface area contributed by atoms with Gasteiger partial charge in [0.1, 0.15) is 17.2 Å². The summed E-state index contributed by atoms with van der Waals surface area (Å²) in [5.41, 5.74) is 2.49. The number of benzene rings is 2. The van der Waals surface area contributed by atoms with Crippen molar-refractivity contribution < 1.29 is 13.9 Å². The number of halogens is 2. The zero-order valence-corrected chi connectivity index (χ0v) is 16.9. The smallest absolute Gasteiger partial charge is 0.415 e. The van der Waals surface area contributed by atoms with Gasteiger partial charge in [-0.25, -0.2) is 14.2 Å². The third-order valence-electron chi connectivity index (χ3n) is 6.02. The van der Waals surface area contributed by atoms with Gasteiger partial charge in [-0.3, -0.25) is 4.90 Å². The summed E-state index contributed by atoms with van der Waals surface area (Å²) in [5, 5.41) is 9.06. The number of aromatic amines is 1. The minimum absolute atomic E-state index is 0. The molecule has 1 saturated heterocycles. The van der Waals surface area contributed by atoms with Gasteiger partial charge in [-0.15, -0.1) is 12.4 Å². The molecule has 1 aliphatic carbocycles. The first-order valence-electron chi connectivity index (χ1n) is 9.71. The van der Waals surface area contributed by atoms with E-state index in [4.69, 9.17) is 15.0 Å². The van der Waals surface area contributed by atoms with E-state index in [0.29, 0.717) is 17.8 Å². The predicted molar refractivity (Wildman–Crippen MR) is 112 cm³/mol. The Kier molecular flexibility index (Phi) is 5.12. The van der Waals surface area contributed by atoms with E-state index in [0.717, 1.165) is 42.5 Å². The second-order valence-electron chi connectivity index (χ2n) is 7.85. The zero-order valence-electron chi connectivity index (χ0n) is 16.1. The lowest BCUT2D eigenvalue weighted by molar-refractivity contribution is 0.0208. The third kappa shape index (κ3) is 3.48. The van der Waals surface area contributed by atoms with Crippen molar-refractivity contribution >= 4 is 35.2 Å². The first kappa shape index (κ1) is 20.2. The first-order chi connectivity index (χ1) is 14.0. The van der Waals surface area contributed by atoms with Gasteiger partial charge in [0.05, 0.1) is 29.2 Å². The monoisotopic (exact) mass is 426 g/mol. The van der Waals surface area contributed by atoms with Crippen molar-refractivity contribution in [1.29, 1.82) is 5.26 Å². The number of nitrogens with one attached hydrogen (secondary N) is 1. The highest BCUT2D eigenvalue weighted by Gasteiger charge is 2.48. The third-order valence-corrected chi connectivity index (χ3v) is 6.02. The van der Waals surface area contributed by atoms with Crippen molar-refractivity contribution in [2.45, 2.75) is 37.2 Å². The molecule has 1 aliphatic heterocycles. The fourth-order valence-corrected chi connectivity index (χ4v) is 4.41. The van der Waals surface area contributed by atoms with E-state index in [9.17, 15) is 9.18 Å². The Morgan fingerprint density at radius 1 is 1.20 bits per heavy atom. The van der Waals surface area contributed by atoms with Crippen molar-refractivity contribution in [3.8, 4) is 6.07 Å². The summed E-state index contributed by atoms with van der Waals surface area (Å²) in [6.45, 7) is 0.482. The molecule has 5 rings (SSSR count). The molecule has 2 aromatic carbocycles. The van der Waals surface area contributed by atoms with Gasteiger partial charge >= 0.3 is 6.09 Å². The van der Waals surface area contributed by atoms with Gasteiger partial charge in [-0.2, -0.15) is 5.26 Å². The van der Waals surface area contributed by atoms with Gasteiger partial charge in [0.2, 0.25) is 0 Å². The second kappa shape index (κ2) is 7.62. The number of rotatable bonds is 2. The number of hydrogen-bond donors (Lipinski definition) is 1. The Balaban J connectivity index is 0.00000218. The number of fused-ring (bicyclic) bond motifs is 1. The topological polar surface area (TPSA) is 82.0 Å². The Morgan fingerprint density at radius 2 is 1.93 bits per heavy atom. The molecule has 1 aromatic heterocycles. The fourth-order valence-electron chi connectivity index (χ4n) is 4.41. The lowest BCUT2D eigenvalue weighted by Gasteiger charge is -2.34. The normalized spacial score (nSPS) is 23.3. The van der Waals surface area contributed by atoms with E-state index in [1.54, 1.807) is 23.1 Å². The molecule has 0 atom stereocenters. The summed E-state index contributed by atoms with van der Waals surface area (Å²) in [4.78, 5) is 22.1. The Labute approximate surface area is 179 Å². The molecule has 30 heavy (non-hydrogen) atoms. The number of nitrogens with zero attached hydrogens (tertiary/aromatic N) is 3. The first-order valence-corrected chi connectivity index (χ1v) is 9.71. The van der Waals surface area contributed by atoms with Gasteiger partial charge in [0.15, 0.2) is 0 Å². The SMILES string of the molecule is Cl.N#Cc1ccc2nc(C3CCC4(CC3)CN(c3ccc(F)cc3)C(=O)O4)[nH]c2c1. The van der Waals surface area contributed by atoms with Crippen LogP contribution in [0.2, 0.25) is 0 Å². The number of nitriles is 1. The van der Waals surface area contributed by atoms with Crippen LogP contribution in [-0.2, 0) is 4.74 Å². The van der Waals surface area contributed by atoms with Crippen molar-refractivity contribution in [1.82, 2.24) is 9.97 Å². The molecule has 1 amide bonds. The number of carbonyl (C=O) groups is 1. The predicted octanol–water partition coefficient (Wildman–Crippen LogP) is 5.05. The molecular weight excluding hydrogens is 407 g/mol. The average molecular weight is 427 g/mol. The number of imidazole rings is 1. The summed E-state index contributed by atoms with van der Waals surface area (Å²) in [6.07, 6.45) is 2.84. The van der Waals surface area contributed by atoms with E-state index in [1.165, 1.54) is 12.1 Å². The minimum atomic E-state index is -0.498. The van der Waals surface area contributed by atoms with Crippen LogP contribution < -0.4 is 4.90 Å². The van der Waals surface area contributed by atoms with E-state index in [-0.39, 0.29) is 30.2 Å². The highest BCUT2D eigenvalue weighted by atomic mass is 35.5. The Hall–Kier alpha value is -3.11. The molecule has 1 spiro atoms. The molecule has 6 nitrogen and oxygen atoms in total. The quantitative estimate of drug-likeness (QED) is 0.621. The van der Waals surface area contributed by atoms with Gasteiger partial charge < -0.3 is 9.72 Å². The van der Waals surface area contributed by atoms with Crippen LogP contribution in [0, 0.1) is 17.1 Å². The maximum Gasteiger partial charge on any atom is 0.415 e. The molecule has 0 radical (unpaired) electrons. The summed E-state index contributed by atoms with van der Waals surface area (Å²) >= 11 is 0. The van der Waals surface area contributed by atoms with Crippen LogP contribution in [0.4, 0.5) is 14.9 Å². The largest absolute Gasteiger partial charge is 0.441 e. The number of ether oxygens (including phenoxy) is 1. The fraction of sp³-hybridized carbons (Fsp3) is 0.318. The molecule has 3 aromatic rings. The number of hydrogen-bond acceptors (Lipinski definition) is 4. The summed E-state index contributed by atoms with van der Waals surface area (Å²) < 4.78 is 19.0. The van der Waals surface area contributed by atoms with Crippen LogP contribution >= 0.6 is 12.4 Å². The Morgan fingerprint density at radius 3 is 2.63 bits per heavy atom. The number of carbonyl (C=O) groups excluding carboxylic acids is 1. The second-order valence-corrected chi connectivity index (χ2v) is 7.85. The molecule has 0 unspecified atom stereocenters. The van der Waals surface area contributed by atoms with Gasteiger partial charge in [0, 0.05) is 11.6 Å². The van der Waals surface area contributed by atoms with Crippen LogP contribution in [0.5, 0.6) is 0 Å². The number of amides is 1. The molecule has 2 fully saturated rings. The number of aromatic nitrogens is 2. The van der Waals surface area contributed by atoms with E-state index < -0.39 is 5.60 Å². The zero-order chi connectivity index (χ0) is 20.0. The standard InChI is InChI=1S/C22H19FN4O2.ClH/c23-16-2-4-17(5-3-16)27-13-22(29-21(27)28)9-7-15(8-10-22)20-25-18-6-1-14(12-24)11-19(18)26-20;/h1-6,11,15H,7-10,13H2,(H,25,26);1H. The molecule has 154 valence electrons. The summed E-state index contributed by atoms with van der Waals surface area (Å²) in [6, 6.07) is 13.5. The Bertz CT molecular complexity index is 1130. The van der Waals surface area contributed by atoms with E-state index in [1.807, 2.05) is 12.1 Å². The molecule has 1 N–H and O–H groups in total. The van der Waals surface area contributed by atoms with Crippen LogP contribution in [0.25, 0.3) is 11.0 Å². The summed E-state index contributed by atoms with van der Waals surface area (Å²) in [5.74, 6) is 0.853. The highest BCUT2D eigenvalue weighted by molar-refractivity contribution is 5.90. The van der Waals surface area contributed by atoms with Gasteiger partial charge in [-0.1, -0.05) is 0 Å². The van der Waals surface area contributed by atoms with Crippen LogP contribution in [-0.4, -0.2) is 28.2 Å². The van der Waals surface area contributed by atoms with Crippen LogP contribution in [0.3, 0.4) is 0 Å². The molecule has 2 aliphatic rings. The lowest BCUT2D eigenvalue weighted by atomic mass is 9.78. The molecule has 2 heterocycles. The number of anilines is 1. The van der Waals surface area contributed by atoms with Crippen LogP contribution in [0.15, 0.2) is 42.5 Å².